The molecule has 8 nitrogen and oxygen atoms in total. The summed E-state index contributed by atoms with van der Waals surface area (Å²) in [7, 11) is 0. The van der Waals surface area contributed by atoms with Gasteiger partial charge in [0, 0.05) is 29.9 Å². The van der Waals surface area contributed by atoms with Crippen molar-refractivity contribution in [2.75, 3.05) is 36.5 Å². The van der Waals surface area contributed by atoms with Crippen molar-refractivity contribution in [2.24, 2.45) is 0 Å². The van der Waals surface area contributed by atoms with Crippen LogP contribution in [0.1, 0.15) is 17.3 Å². The van der Waals surface area contributed by atoms with E-state index in [4.69, 9.17) is 13.9 Å². The lowest BCUT2D eigenvalue weighted by Crippen LogP contribution is -2.36. The molecule has 1 saturated heterocycles. The minimum absolute atomic E-state index is 0.316. The number of esters is 1. The number of rotatable bonds is 6. The smallest absolute Gasteiger partial charge is 0.339 e. The van der Waals surface area contributed by atoms with Crippen LogP contribution in [0.25, 0.3) is 22.4 Å². The molecule has 0 saturated carbocycles. The van der Waals surface area contributed by atoms with Gasteiger partial charge in [-0.2, -0.15) is 0 Å². The van der Waals surface area contributed by atoms with Crippen LogP contribution in [0.5, 0.6) is 0 Å². The van der Waals surface area contributed by atoms with Gasteiger partial charge in [-0.05, 0) is 55.5 Å². The molecule has 1 fully saturated rings. The van der Waals surface area contributed by atoms with Crippen LogP contribution in [0.4, 0.5) is 11.4 Å². The van der Waals surface area contributed by atoms with Crippen molar-refractivity contribution in [1.82, 2.24) is 4.98 Å². The van der Waals surface area contributed by atoms with Crippen LogP contribution in [0.3, 0.4) is 0 Å². The summed E-state index contributed by atoms with van der Waals surface area (Å²) in [5.74, 6) is -0.486. The zero-order valence-corrected chi connectivity index (χ0v) is 19.3. The summed E-state index contributed by atoms with van der Waals surface area (Å²) in [5, 5.41) is 3.45. The van der Waals surface area contributed by atoms with Crippen LogP contribution < -0.4 is 10.2 Å². The Morgan fingerprint density at radius 3 is 2.54 bits per heavy atom. The Balaban J connectivity index is 1.29. The van der Waals surface area contributed by atoms with E-state index in [1.165, 1.54) is 0 Å². The summed E-state index contributed by atoms with van der Waals surface area (Å²) < 4.78 is 16.4. The van der Waals surface area contributed by atoms with Crippen molar-refractivity contribution in [3.8, 4) is 11.5 Å². The lowest BCUT2D eigenvalue weighted by molar-refractivity contribution is -0.123. The van der Waals surface area contributed by atoms with Gasteiger partial charge in [0.2, 0.25) is 0 Å². The average molecular weight is 472 g/mol. The molecule has 0 bridgehead atoms. The molecule has 1 aliphatic heterocycles. The Morgan fingerprint density at radius 1 is 1.03 bits per heavy atom. The van der Waals surface area contributed by atoms with E-state index in [2.05, 4.69) is 15.2 Å². The van der Waals surface area contributed by atoms with Gasteiger partial charge >= 0.3 is 5.97 Å². The minimum Gasteiger partial charge on any atom is -0.463 e. The molecule has 1 amide bonds. The molecule has 2 aromatic heterocycles. The van der Waals surface area contributed by atoms with Crippen molar-refractivity contribution < 1.29 is 23.5 Å². The molecule has 1 atom stereocenters. The minimum atomic E-state index is -1.000. The number of para-hydroxylation sites is 1. The van der Waals surface area contributed by atoms with Crippen molar-refractivity contribution in [3.63, 3.8) is 0 Å². The summed E-state index contributed by atoms with van der Waals surface area (Å²) in [6.07, 6.45) is 0.546. The Labute approximate surface area is 202 Å². The van der Waals surface area contributed by atoms with E-state index in [0.29, 0.717) is 46.8 Å². The van der Waals surface area contributed by atoms with Crippen molar-refractivity contribution in [2.45, 2.75) is 13.0 Å². The molecule has 1 unspecified atom stereocenters. The number of hydrogen-bond donors (Lipinski definition) is 1. The van der Waals surface area contributed by atoms with Crippen LogP contribution in [-0.2, 0) is 14.3 Å². The highest BCUT2D eigenvalue weighted by Gasteiger charge is 2.22. The summed E-state index contributed by atoms with van der Waals surface area (Å²) in [5.41, 5.74) is 3.16. The second-order valence-electron chi connectivity index (χ2n) is 8.23. The first kappa shape index (κ1) is 22.6. The summed E-state index contributed by atoms with van der Waals surface area (Å²) in [6.45, 7) is 4.63. The fraction of sp³-hybridized carbons (Fsp3) is 0.222. The van der Waals surface area contributed by atoms with E-state index >= 15 is 0 Å². The predicted octanol–water partition coefficient (Wildman–Crippen LogP) is 4.52. The first-order valence-corrected chi connectivity index (χ1v) is 11.5. The van der Waals surface area contributed by atoms with Gasteiger partial charge in [-0.3, -0.25) is 4.79 Å². The highest BCUT2D eigenvalue weighted by molar-refractivity contribution is 6.05. The topological polar surface area (TPSA) is 93.9 Å². The van der Waals surface area contributed by atoms with E-state index in [1.54, 1.807) is 37.5 Å². The molecular weight excluding hydrogens is 446 g/mol. The molecule has 5 rings (SSSR count). The number of fused-ring (bicyclic) bond motifs is 1. The Kier molecular flexibility index (Phi) is 6.45. The van der Waals surface area contributed by atoms with E-state index < -0.39 is 18.0 Å². The maximum atomic E-state index is 13.1. The van der Waals surface area contributed by atoms with Crippen LogP contribution in [0, 0.1) is 0 Å². The average Bonchev–Trinajstić information content (AvgIpc) is 3.44. The number of amides is 1. The first-order chi connectivity index (χ1) is 17.1. The van der Waals surface area contributed by atoms with E-state index in [9.17, 15) is 9.59 Å². The Morgan fingerprint density at radius 2 is 1.80 bits per heavy atom. The lowest BCUT2D eigenvalue weighted by Gasteiger charge is -2.28. The van der Waals surface area contributed by atoms with Gasteiger partial charge in [0.15, 0.2) is 11.9 Å². The molecule has 3 heterocycles. The third-order valence-corrected chi connectivity index (χ3v) is 5.87. The van der Waals surface area contributed by atoms with E-state index in [0.717, 1.165) is 18.8 Å². The number of nitrogens with one attached hydrogen (secondary N) is 1. The largest absolute Gasteiger partial charge is 0.463 e. The van der Waals surface area contributed by atoms with Gasteiger partial charge in [-0.25, -0.2) is 9.78 Å². The summed E-state index contributed by atoms with van der Waals surface area (Å²) >= 11 is 0. The second kappa shape index (κ2) is 9.99. The fourth-order valence-corrected chi connectivity index (χ4v) is 3.99. The molecule has 8 heteroatoms. The molecule has 0 radical (unpaired) electrons. The number of carbonyl (C=O) groups excluding carboxylic acids is 2. The SMILES string of the molecule is CC(OC(=O)c1cc(-c2ccco2)nc2ccccc12)C(=O)Nc1ccc(N2CCOCC2)cc1. The Bertz CT molecular complexity index is 1330. The van der Waals surface area contributed by atoms with Gasteiger partial charge < -0.3 is 24.1 Å². The fourth-order valence-electron chi connectivity index (χ4n) is 3.99. The van der Waals surface area contributed by atoms with Crippen LogP contribution in [0.15, 0.2) is 77.4 Å². The van der Waals surface area contributed by atoms with Crippen LogP contribution in [-0.4, -0.2) is 49.3 Å². The monoisotopic (exact) mass is 471 g/mol. The quantitative estimate of drug-likeness (QED) is 0.413. The van der Waals surface area contributed by atoms with Gasteiger partial charge in [-0.15, -0.1) is 0 Å². The molecule has 1 N–H and O–H groups in total. The van der Waals surface area contributed by atoms with Crippen molar-refractivity contribution in [1.29, 1.82) is 0 Å². The molecule has 1 aliphatic rings. The van der Waals surface area contributed by atoms with Gasteiger partial charge in [-0.1, -0.05) is 18.2 Å². The van der Waals surface area contributed by atoms with Crippen LogP contribution in [0.2, 0.25) is 0 Å². The second-order valence-corrected chi connectivity index (χ2v) is 8.23. The van der Waals surface area contributed by atoms with E-state index in [-0.39, 0.29) is 0 Å². The highest BCUT2D eigenvalue weighted by Crippen LogP contribution is 2.26. The number of furan rings is 1. The predicted molar refractivity (Wildman–Crippen MR) is 132 cm³/mol. The molecule has 35 heavy (non-hydrogen) atoms. The molecular formula is C27H25N3O5. The molecule has 0 spiro atoms. The molecule has 0 aliphatic carbocycles. The summed E-state index contributed by atoms with van der Waals surface area (Å²) in [6, 6.07) is 20.0. The summed E-state index contributed by atoms with van der Waals surface area (Å²) in [4.78, 5) is 32.6. The van der Waals surface area contributed by atoms with Crippen molar-refractivity contribution in [3.05, 3.63) is 78.6 Å². The van der Waals surface area contributed by atoms with Gasteiger partial charge in [0.1, 0.15) is 5.69 Å². The zero-order valence-electron chi connectivity index (χ0n) is 19.3. The number of pyridine rings is 1. The van der Waals surface area contributed by atoms with Gasteiger partial charge in [0.05, 0.1) is 30.6 Å². The number of aromatic nitrogens is 1. The number of ether oxygens (including phenoxy) is 2. The molecule has 178 valence electrons. The Hall–Kier alpha value is -4.17. The maximum absolute atomic E-state index is 13.1. The number of morpholine rings is 1. The number of benzene rings is 2. The zero-order chi connectivity index (χ0) is 24.2. The highest BCUT2D eigenvalue weighted by atomic mass is 16.5. The first-order valence-electron chi connectivity index (χ1n) is 11.5. The number of anilines is 2. The molecule has 4 aromatic rings. The standard InChI is InChI=1S/C27H25N3O5/c1-18(26(31)28-19-8-10-20(11-9-19)30-12-15-33-16-13-30)35-27(32)22-17-24(25-7-4-14-34-25)29-23-6-3-2-5-21(22)23/h2-11,14,17-18H,12-13,15-16H2,1H3,(H,28,31). The normalized spacial score (nSPS) is 14.5. The third kappa shape index (κ3) is 5.02. The van der Waals surface area contributed by atoms with E-state index in [1.807, 2.05) is 42.5 Å². The number of hydrogen-bond acceptors (Lipinski definition) is 7. The van der Waals surface area contributed by atoms with Crippen molar-refractivity contribution >= 4 is 34.2 Å². The number of carbonyl (C=O) groups is 2. The maximum Gasteiger partial charge on any atom is 0.339 e. The van der Waals surface area contributed by atoms with Gasteiger partial charge in [0.25, 0.3) is 5.91 Å². The lowest BCUT2D eigenvalue weighted by atomic mass is 10.1. The van der Waals surface area contributed by atoms with Crippen LogP contribution >= 0.6 is 0 Å². The molecule has 2 aromatic carbocycles. The third-order valence-electron chi connectivity index (χ3n) is 5.87. The number of nitrogens with zero attached hydrogens (tertiary/aromatic N) is 2.